The molecule has 0 N–H and O–H groups in total. The summed E-state index contributed by atoms with van der Waals surface area (Å²) in [6.07, 6.45) is 13.0. The van der Waals surface area contributed by atoms with E-state index < -0.39 is 0 Å². The SMILES string of the molecule is C1CCN(P(N2CCCCC2)N2CCCCC2)CC1. The van der Waals surface area contributed by atoms with Crippen LogP contribution < -0.4 is 0 Å². The molecule has 0 atom stereocenters. The lowest BCUT2D eigenvalue weighted by molar-refractivity contribution is 0.256. The Labute approximate surface area is 120 Å². The van der Waals surface area contributed by atoms with E-state index in [1.54, 1.807) is 0 Å². The molecule has 0 aromatic carbocycles. The van der Waals surface area contributed by atoms with Gasteiger partial charge < -0.3 is 0 Å². The average Bonchev–Trinajstić information content (AvgIpc) is 2.51. The predicted molar refractivity (Wildman–Crippen MR) is 83.2 cm³/mol. The average molecular weight is 283 g/mol. The highest BCUT2D eigenvalue weighted by atomic mass is 31.2. The smallest absolute Gasteiger partial charge is 0.120 e. The summed E-state index contributed by atoms with van der Waals surface area (Å²) in [7, 11) is -0.115. The van der Waals surface area contributed by atoms with Crippen LogP contribution >= 0.6 is 8.37 Å². The van der Waals surface area contributed by atoms with Crippen LogP contribution in [0, 0.1) is 0 Å². The fraction of sp³-hybridized carbons (Fsp3) is 1.00. The Bertz CT molecular complexity index is 213. The molecule has 3 rings (SSSR count). The molecule has 3 aliphatic heterocycles. The standard InChI is InChI=1S/C15H30N3P/c1-4-10-16(11-5-1)19(17-12-6-2-7-13-17)18-14-8-3-9-15-18/h1-15H2. The van der Waals surface area contributed by atoms with Crippen molar-refractivity contribution in [2.24, 2.45) is 0 Å². The lowest BCUT2D eigenvalue weighted by Crippen LogP contribution is -2.43. The first-order valence-corrected chi connectivity index (χ1v) is 9.70. The molecule has 3 heterocycles. The van der Waals surface area contributed by atoms with Crippen LogP contribution in [0.3, 0.4) is 0 Å². The zero-order valence-electron chi connectivity index (χ0n) is 12.4. The van der Waals surface area contributed by atoms with Gasteiger partial charge in [-0.25, -0.2) is 0 Å². The molecule has 19 heavy (non-hydrogen) atoms. The van der Waals surface area contributed by atoms with E-state index in [9.17, 15) is 0 Å². The monoisotopic (exact) mass is 283 g/mol. The van der Waals surface area contributed by atoms with Crippen molar-refractivity contribution >= 4 is 8.37 Å². The number of piperidine rings is 3. The Morgan fingerprint density at radius 1 is 0.368 bits per heavy atom. The largest absolute Gasteiger partial charge is 0.257 e. The second-order valence-electron chi connectivity index (χ2n) is 6.31. The molecular formula is C15H30N3P. The zero-order valence-corrected chi connectivity index (χ0v) is 13.3. The van der Waals surface area contributed by atoms with Crippen LogP contribution in [0.2, 0.25) is 0 Å². The minimum absolute atomic E-state index is 0.115. The fourth-order valence-electron chi connectivity index (χ4n) is 3.70. The van der Waals surface area contributed by atoms with E-state index in [2.05, 4.69) is 14.0 Å². The van der Waals surface area contributed by atoms with Crippen molar-refractivity contribution in [3.63, 3.8) is 0 Å². The van der Waals surface area contributed by atoms with E-state index >= 15 is 0 Å². The molecule has 110 valence electrons. The zero-order chi connectivity index (χ0) is 12.9. The van der Waals surface area contributed by atoms with Crippen molar-refractivity contribution in [1.82, 2.24) is 14.0 Å². The summed E-state index contributed by atoms with van der Waals surface area (Å²) < 4.78 is 8.57. The molecule has 0 unspecified atom stereocenters. The van der Waals surface area contributed by atoms with E-state index in [1.165, 1.54) is 97.1 Å². The van der Waals surface area contributed by atoms with Crippen molar-refractivity contribution < 1.29 is 0 Å². The number of nitrogens with zero attached hydrogens (tertiary/aromatic N) is 3. The molecule has 0 radical (unpaired) electrons. The number of rotatable bonds is 3. The fourth-order valence-corrected chi connectivity index (χ4v) is 6.70. The van der Waals surface area contributed by atoms with Gasteiger partial charge in [0.1, 0.15) is 8.37 Å². The summed E-state index contributed by atoms with van der Waals surface area (Å²) in [5, 5.41) is 0. The molecule has 3 aliphatic rings. The van der Waals surface area contributed by atoms with Crippen molar-refractivity contribution in [3.05, 3.63) is 0 Å². The van der Waals surface area contributed by atoms with Crippen LogP contribution in [-0.4, -0.2) is 53.3 Å². The van der Waals surface area contributed by atoms with Gasteiger partial charge in [0.2, 0.25) is 0 Å². The highest BCUT2D eigenvalue weighted by molar-refractivity contribution is 7.50. The predicted octanol–water partition coefficient (Wildman–Crippen LogP) is 3.67. The van der Waals surface area contributed by atoms with Crippen molar-refractivity contribution in [3.8, 4) is 0 Å². The van der Waals surface area contributed by atoms with E-state index in [0.717, 1.165) is 0 Å². The van der Waals surface area contributed by atoms with Gasteiger partial charge in [0.05, 0.1) is 0 Å². The first-order valence-electron chi connectivity index (χ1n) is 8.50. The van der Waals surface area contributed by atoms with E-state index in [1.807, 2.05) is 0 Å². The van der Waals surface area contributed by atoms with Crippen molar-refractivity contribution in [2.75, 3.05) is 39.3 Å². The third kappa shape index (κ3) is 3.69. The minimum Gasteiger partial charge on any atom is -0.257 e. The normalized spacial score (nSPS) is 28.9. The first-order chi connectivity index (χ1) is 9.45. The number of hydrogen-bond donors (Lipinski definition) is 0. The molecule has 0 bridgehead atoms. The highest BCUT2D eigenvalue weighted by Crippen LogP contribution is 2.51. The van der Waals surface area contributed by atoms with Crippen LogP contribution in [0.25, 0.3) is 0 Å². The summed E-state index contributed by atoms with van der Waals surface area (Å²) in [6, 6.07) is 0. The molecule has 3 saturated heterocycles. The van der Waals surface area contributed by atoms with Crippen molar-refractivity contribution in [2.45, 2.75) is 57.8 Å². The van der Waals surface area contributed by atoms with Gasteiger partial charge in [-0.15, -0.1) is 0 Å². The molecular weight excluding hydrogens is 253 g/mol. The molecule has 0 spiro atoms. The Balaban J connectivity index is 1.68. The lowest BCUT2D eigenvalue weighted by Gasteiger charge is -2.48. The second kappa shape index (κ2) is 7.36. The van der Waals surface area contributed by atoms with Gasteiger partial charge >= 0.3 is 0 Å². The molecule has 0 aromatic rings. The maximum Gasteiger partial charge on any atom is 0.120 e. The van der Waals surface area contributed by atoms with Crippen LogP contribution in [0.5, 0.6) is 0 Å². The van der Waals surface area contributed by atoms with Gasteiger partial charge in [-0.1, -0.05) is 19.3 Å². The summed E-state index contributed by atoms with van der Waals surface area (Å²) in [4.78, 5) is 0. The Kier molecular flexibility index (Phi) is 5.52. The summed E-state index contributed by atoms with van der Waals surface area (Å²) in [6.45, 7) is 8.16. The van der Waals surface area contributed by atoms with Crippen LogP contribution in [0.4, 0.5) is 0 Å². The Morgan fingerprint density at radius 2 is 0.632 bits per heavy atom. The van der Waals surface area contributed by atoms with Crippen LogP contribution in [-0.2, 0) is 0 Å². The Morgan fingerprint density at radius 3 is 0.895 bits per heavy atom. The molecule has 0 aromatic heterocycles. The first kappa shape index (κ1) is 14.3. The Hall–Kier alpha value is 0.310. The molecule has 0 aliphatic carbocycles. The molecule has 3 nitrogen and oxygen atoms in total. The summed E-state index contributed by atoms with van der Waals surface area (Å²) in [5.74, 6) is 0. The third-order valence-corrected chi connectivity index (χ3v) is 7.47. The second-order valence-corrected chi connectivity index (χ2v) is 8.55. The van der Waals surface area contributed by atoms with Gasteiger partial charge in [-0.3, -0.25) is 14.0 Å². The van der Waals surface area contributed by atoms with Gasteiger partial charge in [0.25, 0.3) is 0 Å². The molecule has 0 saturated carbocycles. The molecule has 4 heteroatoms. The van der Waals surface area contributed by atoms with Gasteiger partial charge in [-0.05, 0) is 38.5 Å². The van der Waals surface area contributed by atoms with Gasteiger partial charge in [0, 0.05) is 39.3 Å². The summed E-state index contributed by atoms with van der Waals surface area (Å²) >= 11 is 0. The third-order valence-electron chi connectivity index (χ3n) is 4.76. The van der Waals surface area contributed by atoms with E-state index in [0.29, 0.717) is 0 Å². The van der Waals surface area contributed by atoms with Gasteiger partial charge in [-0.2, -0.15) is 0 Å². The minimum atomic E-state index is -0.115. The topological polar surface area (TPSA) is 9.72 Å². The van der Waals surface area contributed by atoms with E-state index in [-0.39, 0.29) is 8.37 Å². The maximum atomic E-state index is 2.86. The quantitative estimate of drug-likeness (QED) is 0.732. The van der Waals surface area contributed by atoms with Crippen LogP contribution in [0.1, 0.15) is 57.8 Å². The summed E-state index contributed by atoms with van der Waals surface area (Å²) in [5.41, 5.74) is 0. The van der Waals surface area contributed by atoms with Crippen LogP contribution in [0.15, 0.2) is 0 Å². The molecule has 3 fully saturated rings. The maximum absolute atomic E-state index is 2.86. The van der Waals surface area contributed by atoms with Crippen molar-refractivity contribution in [1.29, 1.82) is 0 Å². The lowest BCUT2D eigenvalue weighted by atomic mass is 10.2. The van der Waals surface area contributed by atoms with Gasteiger partial charge in [0.15, 0.2) is 0 Å². The van der Waals surface area contributed by atoms with E-state index in [4.69, 9.17) is 0 Å². The number of hydrogen-bond acceptors (Lipinski definition) is 3. The molecule has 0 amide bonds. The highest BCUT2D eigenvalue weighted by Gasteiger charge is 2.33.